The van der Waals surface area contributed by atoms with E-state index in [1.54, 1.807) is 36.4 Å². The maximum atomic E-state index is 13.1. The predicted octanol–water partition coefficient (Wildman–Crippen LogP) is 5.10. The van der Waals surface area contributed by atoms with Crippen molar-refractivity contribution in [2.75, 3.05) is 16.2 Å². The highest BCUT2D eigenvalue weighted by Crippen LogP contribution is 2.34. The number of aryl methyl sites for hydroxylation is 1. The molecule has 4 rings (SSSR count). The molecule has 0 fully saturated rings. The molecule has 5 nitrogen and oxygen atoms in total. The maximum Gasteiger partial charge on any atom is 0.416 e. The zero-order valence-electron chi connectivity index (χ0n) is 16.8. The van der Waals surface area contributed by atoms with Crippen LogP contribution < -0.4 is 9.62 Å². The van der Waals surface area contributed by atoms with Crippen molar-refractivity contribution in [1.29, 1.82) is 0 Å². The van der Waals surface area contributed by atoms with Crippen molar-refractivity contribution in [3.05, 3.63) is 89.5 Å². The van der Waals surface area contributed by atoms with Crippen LogP contribution in [0.4, 0.5) is 24.5 Å². The topological polar surface area (TPSA) is 66.5 Å². The molecule has 0 bridgehead atoms. The standard InChI is InChI=1S/C23H19F3N2O3S/c24-23(25,26)18-8-4-6-17(14-18)22(29)27-19-11-12-21-16(15-19)7-5-13-28(21)32(30,31)20-9-2-1-3-10-20/h1-4,6,8-12,14-15H,5,7,13H2,(H,27,29). The molecule has 1 N–H and O–H groups in total. The summed E-state index contributed by atoms with van der Waals surface area (Å²) in [5.41, 5.74) is 0.614. The highest BCUT2D eigenvalue weighted by molar-refractivity contribution is 7.92. The van der Waals surface area contributed by atoms with Gasteiger partial charge < -0.3 is 5.32 Å². The number of amides is 1. The molecule has 3 aromatic rings. The van der Waals surface area contributed by atoms with Gasteiger partial charge in [-0.15, -0.1) is 0 Å². The van der Waals surface area contributed by atoms with Gasteiger partial charge in [0.1, 0.15) is 0 Å². The molecule has 0 aliphatic carbocycles. The van der Waals surface area contributed by atoms with Crippen molar-refractivity contribution in [3.63, 3.8) is 0 Å². The van der Waals surface area contributed by atoms with Crippen LogP contribution in [-0.4, -0.2) is 20.9 Å². The number of carbonyl (C=O) groups excluding carboxylic acids is 1. The number of rotatable bonds is 4. The van der Waals surface area contributed by atoms with E-state index in [4.69, 9.17) is 0 Å². The maximum absolute atomic E-state index is 13.1. The molecule has 0 radical (unpaired) electrons. The summed E-state index contributed by atoms with van der Waals surface area (Å²) in [4.78, 5) is 12.7. The molecule has 166 valence electrons. The van der Waals surface area contributed by atoms with Gasteiger partial charge in [-0.3, -0.25) is 9.10 Å². The second-order valence-corrected chi connectivity index (χ2v) is 9.23. The van der Waals surface area contributed by atoms with E-state index in [0.29, 0.717) is 30.8 Å². The number of hydrogen-bond donors (Lipinski definition) is 1. The average Bonchev–Trinajstić information content (AvgIpc) is 2.78. The van der Waals surface area contributed by atoms with Gasteiger partial charge in [0.2, 0.25) is 0 Å². The summed E-state index contributed by atoms with van der Waals surface area (Å²) in [5, 5.41) is 2.60. The summed E-state index contributed by atoms with van der Waals surface area (Å²) >= 11 is 0. The van der Waals surface area contributed by atoms with Crippen LogP contribution in [-0.2, 0) is 22.6 Å². The van der Waals surface area contributed by atoms with Crippen LogP contribution in [0.3, 0.4) is 0 Å². The Labute approximate surface area is 183 Å². The van der Waals surface area contributed by atoms with Gasteiger partial charge in [0.25, 0.3) is 15.9 Å². The molecule has 1 amide bonds. The highest BCUT2D eigenvalue weighted by Gasteiger charge is 2.31. The molecule has 0 saturated heterocycles. The zero-order chi connectivity index (χ0) is 22.9. The third-order valence-electron chi connectivity index (χ3n) is 5.20. The number of anilines is 2. The number of halogens is 3. The van der Waals surface area contributed by atoms with Crippen molar-refractivity contribution in [2.24, 2.45) is 0 Å². The van der Waals surface area contributed by atoms with Gasteiger partial charge in [0.05, 0.1) is 16.1 Å². The first kappa shape index (κ1) is 21.9. The van der Waals surface area contributed by atoms with E-state index >= 15 is 0 Å². The van der Waals surface area contributed by atoms with E-state index in [-0.39, 0.29) is 10.5 Å². The van der Waals surface area contributed by atoms with Gasteiger partial charge in [0, 0.05) is 17.8 Å². The monoisotopic (exact) mass is 460 g/mol. The van der Waals surface area contributed by atoms with E-state index in [0.717, 1.165) is 17.7 Å². The van der Waals surface area contributed by atoms with E-state index in [1.807, 2.05) is 0 Å². The number of benzene rings is 3. The largest absolute Gasteiger partial charge is 0.416 e. The highest BCUT2D eigenvalue weighted by atomic mass is 32.2. The molecular weight excluding hydrogens is 441 g/mol. The Bertz CT molecular complexity index is 1260. The van der Waals surface area contributed by atoms with Gasteiger partial charge >= 0.3 is 6.18 Å². The fourth-order valence-corrected chi connectivity index (χ4v) is 5.21. The molecule has 1 aliphatic rings. The molecule has 0 atom stereocenters. The van der Waals surface area contributed by atoms with Gasteiger partial charge in [-0.2, -0.15) is 13.2 Å². The molecule has 32 heavy (non-hydrogen) atoms. The quantitative estimate of drug-likeness (QED) is 0.589. The van der Waals surface area contributed by atoms with Gasteiger partial charge in [-0.1, -0.05) is 24.3 Å². The molecule has 9 heteroatoms. The fraction of sp³-hybridized carbons (Fsp3) is 0.174. The Balaban J connectivity index is 1.59. The van der Waals surface area contributed by atoms with Crippen LogP contribution in [0, 0.1) is 0 Å². The lowest BCUT2D eigenvalue weighted by Crippen LogP contribution is -2.35. The minimum atomic E-state index is -4.55. The first-order chi connectivity index (χ1) is 15.2. The Hall–Kier alpha value is -3.33. The Morgan fingerprint density at radius 3 is 2.41 bits per heavy atom. The third kappa shape index (κ3) is 4.34. The second-order valence-electron chi connectivity index (χ2n) is 7.37. The fourth-order valence-electron chi connectivity index (χ4n) is 3.65. The van der Waals surface area contributed by atoms with E-state index in [9.17, 15) is 26.4 Å². The molecule has 0 spiro atoms. The molecule has 0 aromatic heterocycles. The van der Waals surface area contributed by atoms with Crippen LogP contribution in [0.25, 0.3) is 0 Å². The van der Waals surface area contributed by atoms with E-state index < -0.39 is 27.7 Å². The van der Waals surface area contributed by atoms with Crippen LogP contribution in [0.1, 0.15) is 27.9 Å². The molecule has 1 aliphatic heterocycles. The summed E-state index contributed by atoms with van der Waals surface area (Å²) in [5.74, 6) is -0.680. The first-order valence-electron chi connectivity index (χ1n) is 9.85. The Morgan fingerprint density at radius 1 is 0.938 bits per heavy atom. The molecule has 0 saturated carbocycles. The molecular formula is C23H19F3N2O3S. The SMILES string of the molecule is O=C(Nc1ccc2c(c1)CCCN2S(=O)(=O)c1ccccc1)c1cccc(C(F)(F)F)c1. The van der Waals surface area contributed by atoms with Crippen molar-refractivity contribution in [2.45, 2.75) is 23.9 Å². The average molecular weight is 460 g/mol. The Morgan fingerprint density at radius 2 is 1.69 bits per heavy atom. The smallest absolute Gasteiger partial charge is 0.322 e. The number of nitrogens with zero attached hydrogens (tertiary/aromatic N) is 1. The number of hydrogen-bond acceptors (Lipinski definition) is 3. The summed E-state index contributed by atoms with van der Waals surface area (Å²) in [6.45, 7) is 0.333. The number of sulfonamides is 1. The van der Waals surface area contributed by atoms with Crippen LogP contribution >= 0.6 is 0 Å². The summed E-state index contributed by atoms with van der Waals surface area (Å²) in [6, 6.07) is 17.1. The first-order valence-corrected chi connectivity index (χ1v) is 11.3. The number of carbonyl (C=O) groups is 1. The second kappa shape index (κ2) is 8.31. The van der Waals surface area contributed by atoms with Crippen molar-refractivity contribution < 1.29 is 26.4 Å². The van der Waals surface area contributed by atoms with Gasteiger partial charge in [0.15, 0.2) is 0 Å². The van der Waals surface area contributed by atoms with E-state index in [2.05, 4.69) is 5.32 Å². The summed E-state index contributed by atoms with van der Waals surface area (Å²) in [6.07, 6.45) is -3.33. The number of nitrogens with one attached hydrogen (secondary N) is 1. The number of fused-ring (bicyclic) bond motifs is 1. The lowest BCUT2D eigenvalue weighted by molar-refractivity contribution is -0.137. The molecule has 3 aromatic carbocycles. The van der Waals surface area contributed by atoms with Crippen molar-refractivity contribution >= 4 is 27.3 Å². The molecule has 1 heterocycles. The minimum absolute atomic E-state index is 0.120. The summed E-state index contributed by atoms with van der Waals surface area (Å²) in [7, 11) is -3.73. The van der Waals surface area contributed by atoms with Crippen molar-refractivity contribution in [3.8, 4) is 0 Å². The van der Waals surface area contributed by atoms with Crippen LogP contribution in [0.2, 0.25) is 0 Å². The van der Waals surface area contributed by atoms with Crippen LogP contribution in [0.5, 0.6) is 0 Å². The normalized spacial score (nSPS) is 14.0. The Kier molecular flexibility index (Phi) is 5.68. The predicted molar refractivity (Wildman–Crippen MR) is 115 cm³/mol. The zero-order valence-corrected chi connectivity index (χ0v) is 17.6. The van der Waals surface area contributed by atoms with E-state index in [1.165, 1.54) is 28.6 Å². The lowest BCUT2D eigenvalue weighted by atomic mass is 10.0. The van der Waals surface area contributed by atoms with Crippen molar-refractivity contribution in [1.82, 2.24) is 0 Å². The van der Waals surface area contributed by atoms with Gasteiger partial charge in [-0.05, 0) is 66.9 Å². The lowest BCUT2D eigenvalue weighted by Gasteiger charge is -2.31. The van der Waals surface area contributed by atoms with Gasteiger partial charge in [-0.25, -0.2) is 8.42 Å². The molecule has 0 unspecified atom stereocenters. The number of alkyl halides is 3. The summed E-state index contributed by atoms with van der Waals surface area (Å²) < 4.78 is 66.2. The van der Waals surface area contributed by atoms with Crippen LogP contribution in [0.15, 0.2) is 77.7 Å². The third-order valence-corrected chi connectivity index (χ3v) is 7.02. The minimum Gasteiger partial charge on any atom is -0.322 e.